The highest BCUT2D eigenvalue weighted by Crippen LogP contribution is 2.27. The van der Waals surface area contributed by atoms with Crippen LogP contribution in [0.15, 0.2) is 54.6 Å². The van der Waals surface area contributed by atoms with E-state index in [4.69, 9.17) is 0 Å². The SMILES string of the molecule is O=C(c1ccc([N+](=O)[O-])cc1)C1C=c2c(ccc3c2=CCc2ccc(F)cc2-3)CC1. The van der Waals surface area contributed by atoms with Crippen LogP contribution < -0.4 is 10.4 Å². The van der Waals surface area contributed by atoms with E-state index in [1.54, 1.807) is 6.07 Å². The van der Waals surface area contributed by atoms with E-state index < -0.39 is 4.92 Å². The summed E-state index contributed by atoms with van der Waals surface area (Å²) < 4.78 is 13.9. The topological polar surface area (TPSA) is 60.2 Å². The first kappa shape index (κ1) is 18.4. The number of hydrogen-bond acceptors (Lipinski definition) is 3. The number of carbonyl (C=O) groups excluding carboxylic acids is 1. The Hall–Kier alpha value is -3.60. The molecule has 0 heterocycles. The second-order valence-corrected chi connectivity index (χ2v) is 7.79. The Morgan fingerprint density at radius 1 is 0.967 bits per heavy atom. The number of benzene rings is 3. The van der Waals surface area contributed by atoms with E-state index in [0.717, 1.165) is 40.0 Å². The minimum absolute atomic E-state index is 0.0286. The first-order chi connectivity index (χ1) is 14.5. The molecule has 0 aliphatic heterocycles. The molecule has 2 aliphatic rings. The Kier molecular flexibility index (Phi) is 4.31. The first-order valence-corrected chi connectivity index (χ1v) is 9.92. The van der Waals surface area contributed by atoms with Gasteiger partial charge < -0.3 is 0 Å². The smallest absolute Gasteiger partial charge is 0.269 e. The third-order valence-corrected chi connectivity index (χ3v) is 6.06. The molecule has 2 aliphatic carbocycles. The summed E-state index contributed by atoms with van der Waals surface area (Å²) in [7, 11) is 0. The van der Waals surface area contributed by atoms with Crippen molar-refractivity contribution >= 4 is 23.6 Å². The maximum Gasteiger partial charge on any atom is 0.269 e. The third-order valence-electron chi connectivity index (χ3n) is 6.06. The van der Waals surface area contributed by atoms with Gasteiger partial charge in [0.1, 0.15) is 5.82 Å². The summed E-state index contributed by atoms with van der Waals surface area (Å²) in [5.41, 5.74) is 4.64. The third kappa shape index (κ3) is 3.03. The maximum absolute atomic E-state index is 13.9. The van der Waals surface area contributed by atoms with Gasteiger partial charge in [0.25, 0.3) is 5.69 Å². The van der Waals surface area contributed by atoms with Crippen molar-refractivity contribution in [1.29, 1.82) is 0 Å². The highest BCUT2D eigenvalue weighted by atomic mass is 19.1. The van der Waals surface area contributed by atoms with Gasteiger partial charge >= 0.3 is 0 Å². The molecular formula is C25H18FNO3. The van der Waals surface area contributed by atoms with Crippen LogP contribution in [0.2, 0.25) is 0 Å². The number of halogens is 1. The summed E-state index contributed by atoms with van der Waals surface area (Å²) in [6.45, 7) is 0. The number of nitrogens with zero attached hydrogens (tertiary/aromatic N) is 1. The lowest BCUT2D eigenvalue weighted by molar-refractivity contribution is -0.384. The van der Waals surface area contributed by atoms with E-state index in [9.17, 15) is 19.3 Å². The summed E-state index contributed by atoms with van der Waals surface area (Å²) in [6.07, 6.45) is 6.39. The van der Waals surface area contributed by atoms with E-state index in [0.29, 0.717) is 12.0 Å². The molecule has 0 fully saturated rings. The van der Waals surface area contributed by atoms with E-state index in [1.165, 1.54) is 35.9 Å². The molecule has 5 heteroatoms. The van der Waals surface area contributed by atoms with Crippen LogP contribution in [0.3, 0.4) is 0 Å². The van der Waals surface area contributed by atoms with E-state index >= 15 is 0 Å². The van der Waals surface area contributed by atoms with Gasteiger partial charge in [-0.2, -0.15) is 0 Å². The number of hydrogen-bond donors (Lipinski definition) is 0. The Morgan fingerprint density at radius 2 is 1.73 bits per heavy atom. The molecule has 148 valence electrons. The van der Waals surface area contributed by atoms with Crippen molar-refractivity contribution in [3.8, 4) is 11.1 Å². The molecule has 3 aromatic carbocycles. The highest BCUT2D eigenvalue weighted by molar-refractivity contribution is 6.01. The average Bonchev–Trinajstić information content (AvgIpc) is 2.77. The number of aryl methyl sites for hydroxylation is 1. The maximum atomic E-state index is 13.9. The van der Waals surface area contributed by atoms with Gasteiger partial charge in [0.2, 0.25) is 0 Å². The van der Waals surface area contributed by atoms with Gasteiger partial charge in [-0.25, -0.2) is 4.39 Å². The van der Waals surface area contributed by atoms with Crippen LogP contribution in [0.1, 0.15) is 27.9 Å². The van der Waals surface area contributed by atoms with Crippen LogP contribution >= 0.6 is 0 Å². The van der Waals surface area contributed by atoms with Crippen molar-refractivity contribution in [1.82, 2.24) is 0 Å². The molecule has 0 saturated heterocycles. The summed E-state index contributed by atoms with van der Waals surface area (Å²) in [4.78, 5) is 23.4. The molecule has 0 amide bonds. The Balaban J connectivity index is 1.58. The molecule has 1 unspecified atom stereocenters. The highest BCUT2D eigenvalue weighted by Gasteiger charge is 2.23. The van der Waals surface area contributed by atoms with Gasteiger partial charge in [0, 0.05) is 23.6 Å². The van der Waals surface area contributed by atoms with E-state index in [-0.39, 0.29) is 23.2 Å². The monoisotopic (exact) mass is 399 g/mol. The molecule has 0 bridgehead atoms. The van der Waals surface area contributed by atoms with Gasteiger partial charge in [0.05, 0.1) is 4.92 Å². The minimum atomic E-state index is -0.472. The number of nitro benzene ring substituents is 1. The van der Waals surface area contributed by atoms with Gasteiger partial charge in [-0.05, 0) is 76.2 Å². The van der Waals surface area contributed by atoms with Crippen molar-refractivity contribution in [3.63, 3.8) is 0 Å². The molecule has 4 nitrogen and oxygen atoms in total. The normalized spacial score (nSPS) is 16.4. The zero-order valence-electron chi connectivity index (χ0n) is 16.1. The minimum Gasteiger partial charge on any atom is -0.294 e. The fraction of sp³-hybridized carbons (Fsp3) is 0.160. The quantitative estimate of drug-likeness (QED) is 0.380. The summed E-state index contributed by atoms with van der Waals surface area (Å²) in [6, 6.07) is 14.8. The van der Waals surface area contributed by atoms with Crippen LogP contribution in [0, 0.1) is 21.8 Å². The number of ketones is 1. The molecule has 1 atom stereocenters. The van der Waals surface area contributed by atoms with Gasteiger partial charge in [-0.1, -0.05) is 30.4 Å². The fourth-order valence-electron chi connectivity index (χ4n) is 4.50. The molecule has 0 N–H and O–H groups in total. The molecular weight excluding hydrogens is 381 g/mol. The molecule has 0 spiro atoms. The number of fused-ring (bicyclic) bond motifs is 5. The Morgan fingerprint density at radius 3 is 2.50 bits per heavy atom. The van der Waals surface area contributed by atoms with Crippen LogP contribution in [-0.2, 0) is 12.8 Å². The summed E-state index contributed by atoms with van der Waals surface area (Å²) >= 11 is 0. The standard InChI is InChI=1S/C25H18FNO3/c26-19-8-3-16-7-11-21-22(24(16)14-19)12-6-15-1-2-18(13-23(15)21)25(28)17-4-9-20(10-5-17)27(29)30/h3-6,8-14,18H,1-2,7H2. The second-order valence-electron chi connectivity index (χ2n) is 7.79. The molecule has 0 aromatic heterocycles. The number of nitro groups is 1. The molecule has 30 heavy (non-hydrogen) atoms. The van der Waals surface area contributed by atoms with Gasteiger partial charge in [-0.3, -0.25) is 14.9 Å². The van der Waals surface area contributed by atoms with Crippen molar-refractivity contribution in [3.05, 3.63) is 97.7 Å². The number of rotatable bonds is 3. The van der Waals surface area contributed by atoms with Gasteiger partial charge in [0.15, 0.2) is 5.78 Å². The zero-order chi connectivity index (χ0) is 20.8. The van der Waals surface area contributed by atoms with Crippen molar-refractivity contribution < 1.29 is 14.1 Å². The second kappa shape index (κ2) is 7.02. The lowest BCUT2D eigenvalue weighted by Gasteiger charge is -2.21. The fourth-order valence-corrected chi connectivity index (χ4v) is 4.50. The van der Waals surface area contributed by atoms with Crippen LogP contribution in [0.5, 0.6) is 0 Å². The van der Waals surface area contributed by atoms with Crippen LogP contribution in [-0.4, -0.2) is 10.7 Å². The first-order valence-electron chi connectivity index (χ1n) is 9.92. The number of carbonyl (C=O) groups is 1. The zero-order valence-corrected chi connectivity index (χ0v) is 16.1. The van der Waals surface area contributed by atoms with Crippen molar-refractivity contribution in [2.75, 3.05) is 0 Å². The van der Waals surface area contributed by atoms with E-state index in [1.807, 2.05) is 12.1 Å². The molecule has 0 saturated carbocycles. The van der Waals surface area contributed by atoms with Crippen molar-refractivity contribution in [2.45, 2.75) is 19.3 Å². The Labute approximate surface area is 172 Å². The lowest BCUT2D eigenvalue weighted by atomic mass is 9.82. The predicted molar refractivity (Wildman–Crippen MR) is 113 cm³/mol. The van der Waals surface area contributed by atoms with Crippen LogP contribution in [0.25, 0.3) is 23.3 Å². The van der Waals surface area contributed by atoms with Crippen molar-refractivity contribution in [2.24, 2.45) is 5.92 Å². The average molecular weight is 399 g/mol. The van der Waals surface area contributed by atoms with E-state index in [2.05, 4.69) is 18.2 Å². The lowest BCUT2D eigenvalue weighted by Crippen LogP contribution is -2.37. The molecule has 5 rings (SSSR count). The molecule has 0 radical (unpaired) electrons. The number of Topliss-reactive ketones (excluding diaryl/α,β-unsaturated/α-hetero) is 1. The number of non-ortho nitro benzene ring substituents is 1. The molecule has 3 aromatic rings. The largest absolute Gasteiger partial charge is 0.294 e. The van der Waals surface area contributed by atoms with Gasteiger partial charge in [-0.15, -0.1) is 0 Å². The summed E-state index contributed by atoms with van der Waals surface area (Å²) in [5, 5.41) is 13.0. The predicted octanol–water partition coefficient (Wildman–Crippen LogP) is 3.96. The summed E-state index contributed by atoms with van der Waals surface area (Å²) in [5.74, 6) is -0.572. The Bertz CT molecular complexity index is 1330. The van der Waals surface area contributed by atoms with Crippen LogP contribution in [0.4, 0.5) is 10.1 Å².